The number of furan rings is 1. The molecule has 8 heteroatoms. The fourth-order valence-electron chi connectivity index (χ4n) is 5.59. The van der Waals surface area contributed by atoms with E-state index >= 15 is 0 Å². The molecule has 7 rings (SSSR count). The third kappa shape index (κ3) is 2.66. The molecule has 5 aliphatic rings. The van der Waals surface area contributed by atoms with Gasteiger partial charge in [-0.3, -0.25) is 9.59 Å². The number of hydrazone groups is 1. The molecule has 0 radical (unpaired) electrons. The van der Waals surface area contributed by atoms with Crippen molar-refractivity contribution >= 4 is 35.6 Å². The lowest BCUT2D eigenvalue weighted by Gasteiger charge is -2.37. The molecule has 3 fully saturated rings. The Labute approximate surface area is 182 Å². The SMILES string of the molecule is O=C(O)c1cc(-c2ccc(/C=N\N3C(=O)[C@@H]4[C@H]5C=C[C@H]([C@@H]6C[C@H]56)[C@@H]4C3=O)o2)ccc1Cl. The molecular formula is C23H17ClN2O5. The van der Waals surface area contributed by atoms with Crippen LogP contribution in [0.25, 0.3) is 11.3 Å². The predicted molar refractivity (Wildman–Crippen MR) is 110 cm³/mol. The van der Waals surface area contributed by atoms with Crippen molar-refractivity contribution in [2.45, 2.75) is 6.42 Å². The number of halogens is 1. The molecule has 0 unspecified atom stereocenters. The first-order chi connectivity index (χ1) is 14.9. The maximum atomic E-state index is 12.9. The molecule has 1 N–H and O–H groups in total. The van der Waals surface area contributed by atoms with E-state index in [0.717, 1.165) is 11.4 Å². The van der Waals surface area contributed by atoms with Crippen LogP contribution in [0.15, 0.2) is 52.0 Å². The number of nitrogens with zero attached hydrogens (tertiary/aromatic N) is 2. The van der Waals surface area contributed by atoms with Gasteiger partial charge in [-0.05, 0) is 60.4 Å². The summed E-state index contributed by atoms with van der Waals surface area (Å²) in [6.07, 6.45) is 6.70. The highest BCUT2D eigenvalue weighted by atomic mass is 35.5. The highest BCUT2D eigenvalue weighted by Gasteiger charge is 2.67. The second-order valence-corrected chi connectivity index (χ2v) is 9.00. The first-order valence-electron chi connectivity index (χ1n) is 10.2. The average Bonchev–Trinajstić information content (AvgIpc) is 3.39. The van der Waals surface area contributed by atoms with Gasteiger partial charge < -0.3 is 9.52 Å². The molecule has 0 spiro atoms. The Morgan fingerprint density at radius 2 is 1.77 bits per heavy atom. The van der Waals surface area contributed by atoms with Crippen LogP contribution in [0.2, 0.25) is 5.02 Å². The van der Waals surface area contributed by atoms with Crippen molar-refractivity contribution in [3.63, 3.8) is 0 Å². The Morgan fingerprint density at radius 1 is 1.10 bits per heavy atom. The standard InChI is InChI=1S/C23H17ClN2O5/c24-17-5-1-10(7-16(17)23(29)30)18-6-2-11(31-18)9-25-26-21(27)19-12-3-4-13(15-8-14(12)15)20(19)22(26)28/h1-7,9,12-15,19-20H,8H2,(H,29,30)/b25-9-/t12-,13+,14+,15-,19+,20-. The van der Waals surface area contributed by atoms with Crippen molar-refractivity contribution in [1.82, 2.24) is 5.01 Å². The quantitative estimate of drug-likeness (QED) is 0.447. The normalized spacial score (nSPS) is 32.6. The van der Waals surface area contributed by atoms with Crippen LogP contribution in [0.5, 0.6) is 0 Å². The van der Waals surface area contributed by atoms with Crippen LogP contribution in [0.4, 0.5) is 0 Å². The summed E-state index contributed by atoms with van der Waals surface area (Å²) >= 11 is 5.92. The number of carboxylic acid groups (broad SMARTS) is 1. The number of amides is 2. The molecule has 2 heterocycles. The summed E-state index contributed by atoms with van der Waals surface area (Å²) in [5.74, 6) is -0.0124. The van der Waals surface area contributed by atoms with E-state index in [4.69, 9.17) is 16.0 Å². The van der Waals surface area contributed by atoms with Crippen molar-refractivity contribution in [2.24, 2.45) is 40.6 Å². The lowest BCUT2D eigenvalue weighted by Crippen LogP contribution is -2.40. The monoisotopic (exact) mass is 436 g/mol. The molecule has 1 aliphatic heterocycles. The maximum Gasteiger partial charge on any atom is 0.337 e. The van der Waals surface area contributed by atoms with Gasteiger partial charge >= 0.3 is 5.97 Å². The molecule has 1 saturated heterocycles. The van der Waals surface area contributed by atoms with Crippen LogP contribution in [-0.2, 0) is 9.59 Å². The van der Waals surface area contributed by atoms with Gasteiger partial charge in [0.25, 0.3) is 11.8 Å². The Bertz CT molecular complexity index is 1180. The van der Waals surface area contributed by atoms with E-state index in [1.54, 1.807) is 18.2 Å². The minimum Gasteiger partial charge on any atom is -0.478 e. The van der Waals surface area contributed by atoms with Crippen LogP contribution in [0.3, 0.4) is 0 Å². The van der Waals surface area contributed by atoms with Crippen LogP contribution in [0.1, 0.15) is 22.5 Å². The zero-order valence-electron chi connectivity index (χ0n) is 16.1. The second-order valence-electron chi connectivity index (χ2n) is 8.59. The summed E-state index contributed by atoms with van der Waals surface area (Å²) < 4.78 is 5.73. The fraction of sp³-hybridized carbons (Fsp3) is 0.304. The summed E-state index contributed by atoms with van der Waals surface area (Å²) in [5.41, 5.74) is 0.519. The highest BCUT2D eigenvalue weighted by molar-refractivity contribution is 6.33. The van der Waals surface area contributed by atoms with Gasteiger partial charge in [-0.15, -0.1) is 0 Å². The smallest absolute Gasteiger partial charge is 0.337 e. The van der Waals surface area contributed by atoms with E-state index in [1.807, 2.05) is 0 Å². The molecule has 4 aliphatic carbocycles. The third-order valence-electron chi connectivity index (χ3n) is 7.05. The van der Waals surface area contributed by atoms with Crippen molar-refractivity contribution in [2.75, 3.05) is 0 Å². The summed E-state index contributed by atoms with van der Waals surface area (Å²) in [4.78, 5) is 37.2. The van der Waals surface area contributed by atoms with Gasteiger partial charge in [0.1, 0.15) is 11.5 Å². The molecular weight excluding hydrogens is 420 g/mol. The van der Waals surface area contributed by atoms with Gasteiger partial charge in [-0.2, -0.15) is 10.1 Å². The Hall–Kier alpha value is -3.19. The van der Waals surface area contributed by atoms with Crippen molar-refractivity contribution in [3.8, 4) is 11.3 Å². The van der Waals surface area contributed by atoms with Gasteiger partial charge in [0, 0.05) is 5.56 Å². The first kappa shape index (κ1) is 18.6. The number of hydrogen-bond acceptors (Lipinski definition) is 5. The maximum absolute atomic E-state index is 12.9. The zero-order valence-corrected chi connectivity index (χ0v) is 16.9. The van der Waals surface area contributed by atoms with Crippen LogP contribution < -0.4 is 0 Å². The van der Waals surface area contributed by atoms with Crippen LogP contribution >= 0.6 is 11.6 Å². The number of carbonyl (C=O) groups excluding carboxylic acids is 2. The Balaban J connectivity index is 1.24. The number of benzene rings is 1. The van der Waals surface area contributed by atoms with E-state index < -0.39 is 5.97 Å². The topological polar surface area (TPSA) is 100 Å². The van der Waals surface area contributed by atoms with Crippen molar-refractivity contribution in [3.05, 3.63) is 58.8 Å². The molecule has 31 heavy (non-hydrogen) atoms. The van der Waals surface area contributed by atoms with Gasteiger partial charge in [0.2, 0.25) is 0 Å². The van der Waals surface area contributed by atoms with Gasteiger partial charge in [0.15, 0.2) is 0 Å². The minimum absolute atomic E-state index is 0.0251. The molecule has 2 amide bonds. The van der Waals surface area contributed by atoms with Gasteiger partial charge in [-0.25, -0.2) is 4.79 Å². The molecule has 2 saturated carbocycles. The number of carbonyl (C=O) groups is 3. The third-order valence-corrected chi connectivity index (χ3v) is 7.38. The second kappa shape index (κ2) is 6.40. The number of imide groups is 1. The van der Waals surface area contributed by atoms with E-state index in [9.17, 15) is 19.5 Å². The number of allylic oxidation sites excluding steroid dienone is 2. The summed E-state index contributed by atoms with van der Waals surface area (Å²) in [7, 11) is 0. The lowest BCUT2D eigenvalue weighted by molar-refractivity contribution is -0.140. The van der Waals surface area contributed by atoms with E-state index in [-0.39, 0.29) is 46.1 Å². The lowest BCUT2D eigenvalue weighted by atomic mass is 9.63. The number of rotatable bonds is 4. The van der Waals surface area contributed by atoms with E-state index in [0.29, 0.717) is 28.9 Å². The molecule has 6 atom stereocenters. The average molecular weight is 437 g/mol. The van der Waals surface area contributed by atoms with E-state index in [2.05, 4.69) is 17.3 Å². The molecule has 1 aromatic heterocycles. The first-order valence-corrected chi connectivity index (χ1v) is 10.5. The Morgan fingerprint density at radius 3 is 2.42 bits per heavy atom. The highest BCUT2D eigenvalue weighted by Crippen LogP contribution is 2.65. The molecule has 156 valence electrons. The molecule has 1 aromatic carbocycles. The van der Waals surface area contributed by atoms with Crippen molar-refractivity contribution < 1.29 is 23.9 Å². The fourth-order valence-corrected chi connectivity index (χ4v) is 5.79. The minimum atomic E-state index is -1.13. The number of aromatic carboxylic acids is 1. The van der Waals surface area contributed by atoms with Crippen molar-refractivity contribution in [1.29, 1.82) is 0 Å². The Kier molecular flexibility index (Phi) is 3.84. The predicted octanol–water partition coefficient (Wildman–Crippen LogP) is 3.69. The molecule has 7 nitrogen and oxygen atoms in total. The number of hydrogen-bond donors (Lipinski definition) is 1. The molecule has 2 aromatic rings. The summed E-state index contributed by atoms with van der Waals surface area (Å²) in [5, 5.41) is 14.5. The zero-order chi connectivity index (χ0) is 21.4. The van der Waals surface area contributed by atoms with Gasteiger partial charge in [0.05, 0.1) is 28.6 Å². The van der Waals surface area contributed by atoms with Gasteiger partial charge in [-0.1, -0.05) is 23.8 Å². The summed E-state index contributed by atoms with van der Waals surface area (Å²) in [6.45, 7) is 0. The van der Waals surface area contributed by atoms with E-state index in [1.165, 1.54) is 18.3 Å². The van der Waals surface area contributed by atoms with Crippen LogP contribution in [0, 0.1) is 35.5 Å². The van der Waals surface area contributed by atoms with Crippen LogP contribution in [-0.4, -0.2) is 34.1 Å². The molecule has 2 bridgehead atoms. The summed E-state index contributed by atoms with van der Waals surface area (Å²) in [6, 6.07) is 7.89. The number of carboxylic acids is 1. The largest absolute Gasteiger partial charge is 0.478 e.